The van der Waals surface area contributed by atoms with E-state index in [9.17, 15) is 19.9 Å². The maximum atomic E-state index is 13.2. The zero-order valence-electron chi connectivity index (χ0n) is 30.8. The Balaban J connectivity index is 1.11. The Kier molecular flexibility index (Phi) is 11.9. The first kappa shape index (κ1) is 38.8. The lowest BCUT2D eigenvalue weighted by molar-refractivity contribution is -0.904. The number of aromatic nitrogens is 1. The van der Waals surface area contributed by atoms with Gasteiger partial charge in [-0.25, -0.2) is 4.79 Å². The number of alkyl carbamates (subject to hydrolysis) is 1. The highest BCUT2D eigenvalue weighted by Gasteiger charge is 2.37. The van der Waals surface area contributed by atoms with Crippen LogP contribution in [0.15, 0.2) is 95.7 Å². The summed E-state index contributed by atoms with van der Waals surface area (Å²) < 4.78 is 29.6. The van der Waals surface area contributed by atoms with Gasteiger partial charge in [-0.3, -0.25) is 10.1 Å². The predicted molar refractivity (Wildman–Crippen MR) is 204 cm³/mol. The first-order valence-corrected chi connectivity index (χ1v) is 19.0. The van der Waals surface area contributed by atoms with Crippen molar-refractivity contribution in [1.29, 1.82) is 0 Å². The number of rotatable bonds is 14. The number of piperidine rings is 3. The average molecular weight is 803 g/mol. The highest BCUT2D eigenvalue weighted by atomic mass is 35.5. The second-order valence-electron chi connectivity index (χ2n) is 13.9. The zero-order valence-corrected chi connectivity index (χ0v) is 32.3. The quantitative estimate of drug-likeness (QED) is 0.0962. The minimum absolute atomic E-state index is 0.109. The van der Waals surface area contributed by atoms with Gasteiger partial charge in [0.25, 0.3) is 0 Å². The molecule has 5 aromatic rings. The maximum absolute atomic E-state index is 13.2. The number of hydrogen-bond donors (Lipinski definition) is 2. The summed E-state index contributed by atoms with van der Waals surface area (Å²) in [6.07, 6.45) is 4.19. The topological polar surface area (TPSA) is 147 Å². The third-order valence-electron chi connectivity index (χ3n) is 10.5. The third kappa shape index (κ3) is 8.67. The Labute approximate surface area is 334 Å². The molecule has 2 bridgehead atoms. The Bertz CT molecular complexity index is 2150. The molecule has 292 valence electrons. The van der Waals surface area contributed by atoms with Gasteiger partial charge in [-0.1, -0.05) is 71.7 Å². The number of carbonyl (C=O) groups is 2. The van der Waals surface area contributed by atoms with E-state index >= 15 is 0 Å². The monoisotopic (exact) mass is 801 g/mol. The number of amides is 1. The molecule has 0 aliphatic carbocycles. The number of pyridine rings is 1. The second kappa shape index (κ2) is 17.2. The van der Waals surface area contributed by atoms with Crippen molar-refractivity contribution in [3.05, 3.63) is 141 Å². The molecule has 3 fully saturated rings. The molecule has 3 aliphatic rings. The van der Waals surface area contributed by atoms with Gasteiger partial charge < -0.3 is 38.6 Å². The molecular formula is C42H41Cl2N3O9. The molecule has 8 rings (SSSR count). The lowest BCUT2D eigenvalue weighted by Crippen LogP contribution is -2.52. The van der Waals surface area contributed by atoms with Crippen molar-refractivity contribution in [3.63, 3.8) is 0 Å². The largest absolute Gasteiger partial charge is 0.542 e. The van der Waals surface area contributed by atoms with Gasteiger partial charge in [-0.05, 0) is 85.3 Å². The lowest BCUT2D eigenvalue weighted by atomic mass is 9.85. The van der Waals surface area contributed by atoms with Crippen LogP contribution in [0.25, 0.3) is 0 Å². The summed E-state index contributed by atoms with van der Waals surface area (Å²) in [7, 11) is 3.01. The number of carbonyl (C=O) groups excluding carboxylic acids is 2. The van der Waals surface area contributed by atoms with Gasteiger partial charge in [0.15, 0.2) is 17.3 Å². The molecule has 0 spiro atoms. The van der Waals surface area contributed by atoms with Gasteiger partial charge >= 0.3 is 6.09 Å². The molecule has 0 radical (unpaired) electrons. The fourth-order valence-electron chi connectivity index (χ4n) is 7.61. The Morgan fingerprint density at radius 3 is 2.21 bits per heavy atom. The Hall–Kier alpha value is -5.43. The normalized spacial score (nSPS) is 18.5. The maximum Gasteiger partial charge on any atom is 0.408 e. The predicted octanol–water partition coefficient (Wildman–Crippen LogP) is 6.36. The minimum atomic E-state index is -1.52. The van der Waals surface area contributed by atoms with Crippen molar-refractivity contribution in [2.45, 2.75) is 43.9 Å². The SMILES string of the molecule is COc1ccc([C@H](Cc2c(Cl)c[n+](O)cc2Cl)c2cc(COc3ccc([C@H](NC(=O)O[C@H]4CN5CCC4CC5)c4ccccc4)cc3)oc2C(=O)[O-])cc1OC. The van der Waals surface area contributed by atoms with E-state index in [0.29, 0.717) is 39.9 Å². The first-order chi connectivity index (χ1) is 27.1. The molecule has 2 N–H and O–H groups in total. The molecular weight excluding hydrogens is 761 g/mol. The molecule has 3 aromatic carbocycles. The van der Waals surface area contributed by atoms with E-state index in [1.165, 1.54) is 26.6 Å². The number of nitrogens with one attached hydrogen (secondary N) is 1. The van der Waals surface area contributed by atoms with Crippen LogP contribution in [0.1, 0.15) is 68.9 Å². The molecule has 3 atom stereocenters. The van der Waals surface area contributed by atoms with Crippen LogP contribution < -0.4 is 29.4 Å². The molecule has 2 aromatic heterocycles. The van der Waals surface area contributed by atoms with Crippen molar-refractivity contribution in [2.75, 3.05) is 33.9 Å². The van der Waals surface area contributed by atoms with E-state index in [0.717, 1.165) is 48.3 Å². The summed E-state index contributed by atoms with van der Waals surface area (Å²) in [5.41, 5.74) is 3.12. The summed E-state index contributed by atoms with van der Waals surface area (Å²) in [5.74, 6) is -0.579. The van der Waals surface area contributed by atoms with Crippen molar-refractivity contribution < 1.29 is 48.0 Å². The highest BCUT2D eigenvalue weighted by Crippen LogP contribution is 2.40. The van der Waals surface area contributed by atoms with E-state index in [1.54, 1.807) is 36.4 Å². The number of hydrogen-bond acceptors (Lipinski definition) is 10. The fraction of sp³-hybridized carbons (Fsp3) is 0.310. The third-order valence-corrected chi connectivity index (χ3v) is 11.2. The summed E-state index contributed by atoms with van der Waals surface area (Å²) in [5, 5.41) is 25.9. The van der Waals surface area contributed by atoms with Crippen LogP contribution >= 0.6 is 23.2 Å². The van der Waals surface area contributed by atoms with Crippen molar-refractivity contribution in [1.82, 2.24) is 10.2 Å². The fourth-order valence-corrected chi connectivity index (χ4v) is 8.22. The van der Waals surface area contributed by atoms with Gasteiger partial charge in [0.1, 0.15) is 40.2 Å². The smallest absolute Gasteiger partial charge is 0.408 e. The van der Waals surface area contributed by atoms with Crippen LogP contribution in [0.3, 0.4) is 0 Å². The zero-order chi connectivity index (χ0) is 39.3. The standard InChI is InChI=1S/C42H41Cl2N3O9/c1-52-36-13-10-28(18-37(36)53-2)31(20-33-34(43)21-47(51)22-35(33)44)32-19-30(55-40(32)41(48)49)24-54-29-11-8-27(9-12-29)39(26-6-4-3-5-7-26)45-42(50)56-38-23-46-16-14-25(38)15-17-46/h3-13,18-19,21-22,25,31,38-39H,14-17,20,23-24H2,1-2H3,(H2-,45,48,49,50,51)/t31-,38-,39+/m0/s1. The second-order valence-corrected chi connectivity index (χ2v) is 14.7. The van der Waals surface area contributed by atoms with Gasteiger partial charge in [-0.15, -0.1) is 0 Å². The van der Waals surface area contributed by atoms with E-state index < -0.39 is 24.0 Å². The summed E-state index contributed by atoms with van der Waals surface area (Å²) in [4.78, 5) is 28.1. The van der Waals surface area contributed by atoms with Gasteiger partial charge in [0, 0.05) is 28.3 Å². The van der Waals surface area contributed by atoms with E-state index in [1.807, 2.05) is 42.5 Å². The number of benzene rings is 3. The lowest BCUT2D eigenvalue weighted by Gasteiger charge is -2.43. The van der Waals surface area contributed by atoms with E-state index in [-0.39, 0.29) is 40.7 Å². The van der Waals surface area contributed by atoms with Gasteiger partial charge in [0.05, 0.1) is 20.3 Å². The van der Waals surface area contributed by atoms with Crippen LogP contribution in [0.5, 0.6) is 17.2 Å². The minimum Gasteiger partial charge on any atom is -0.542 e. The van der Waals surface area contributed by atoms with Crippen LogP contribution in [-0.4, -0.2) is 62.1 Å². The number of fused-ring (bicyclic) bond motifs is 3. The molecule has 12 nitrogen and oxygen atoms in total. The molecule has 1 amide bonds. The number of methoxy groups -OCH3 is 2. The van der Waals surface area contributed by atoms with E-state index in [2.05, 4.69) is 10.2 Å². The van der Waals surface area contributed by atoms with Gasteiger partial charge in [-0.2, -0.15) is 0 Å². The van der Waals surface area contributed by atoms with Gasteiger partial charge in [0.2, 0.25) is 12.4 Å². The first-order valence-electron chi connectivity index (χ1n) is 18.2. The summed E-state index contributed by atoms with van der Waals surface area (Å²) in [6, 6.07) is 23.3. The molecule has 5 heterocycles. The number of halogens is 2. The number of ether oxygens (including phenoxy) is 4. The molecule has 3 saturated heterocycles. The summed E-state index contributed by atoms with van der Waals surface area (Å²) >= 11 is 13.0. The van der Waals surface area contributed by atoms with Crippen molar-refractivity contribution in [2.24, 2.45) is 5.92 Å². The molecule has 14 heteroatoms. The van der Waals surface area contributed by atoms with Crippen molar-refractivity contribution >= 4 is 35.3 Å². The highest BCUT2D eigenvalue weighted by molar-refractivity contribution is 6.35. The number of nitrogens with zero attached hydrogens (tertiary/aromatic N) is 2. The Morgan fingerprint density at radius 2 is 1.59 bits per heavy atom. The molecule has 0 unspecified atom stereocenters. The summed E-state index contributed by atoms with van der Waals surface area (Å²) in [6.45, 7) is 2.76. The Morgan fingerprint density at radius 1 is 0.929 bits per heavy atom. The number of aromatic carboxylic acids is 1. The number of furan rings is 1. The van der Waals surface area contributed by atoms with Crippen molar-refractivity contribution in [3.8, 4) is 17.2 Å². The number of carboxylic acids is 1. The molecule has 56 heavy (non-hydrogen) atoms. The average Bonchev–Trinajstić information content (AvgIpc) is 3.64. The van der Waals surface area contributed by atoms with Crippen LogP contribution in [0, 0.1) is 5.92 Å². The molecule has 3 aliphatic heterocycles. The van der Waals surface area contributed by atoms with Crippen LogP contribution in [0.4, 0.5) is 4.79 Å². The van der Waals surface area contributed by atoms with Crippen LogP contribution in [0.2, 0.25) is 10.0 Å². The van der Waals surface area contributed by atoms with E-state index in [4.69, 9.17) is 46.6 Å². The molecule has 0 saturated carbocycles. The number of carboxylic acid groups (broad SMARTS) is 1. The van der Waals surface area contributed by atoms with Crippen LogP contribution in [-0.2, 0) is 17.8 Å².